The number of amides is 1. The molecule has 0 aliphatic rings. The van der Waals surface area contributed by atoms with Gasteiger partial charge in [-0.15, -0.1) is 0 Å². The fraction of sp³-hybridized carbons (Fsp3) is 0.278. The Labute approximate surface area is 137 Å². The number of hydrogen-bond acceptors (Lipinski definition) is 3. The summed E-state index contributed by atoms with van der Waals surface area (Å²) in [5.41, 5.74) is 1.83. The van der Waals surface area contributed by atoms with E-state index in [0.29, 0.717) is 17.9 Å². The van der Waals surface area contributed by atoms with Crippen molar-refractivity contribution in [2.45, 2.75) is 37.0 Å². The Morgan fingerprint density at radius 3 is 2.13 bits per heavy atom. The molecule has 0 saturated heterocycles. The summed E-state index contributed by atoms with van der Waals surface area (Å²) in [5, 5.41) is 2.39. The lowest BCUT2D eigenvalue weighted by Gasteiger charge is -2.09. The van der Waals surface area contributed by atoms with Crippen molar-refractivity contribution in [2.75, 3.05) is 0 Å². The topological polar surface area (TPSA) is 63.2 Å². The first-order valence-corrected chi connectivity index (χ1v) is 9.07. The Bertz CT molecular complexity index is 751. The zero-order valence-corrected chi connectivity index (χ0v) is 14.1. The molecule has 0 bridgehead atoms. The van der Waals surface area contributed by atoms with Gasteiger partial charge in [-0.1, -0.05) is 42.5 Å². The van der Waals surface area contributed by atoms with E-state index in [9.17, 15) is 13.2 Å². The first-order valence-electron chi connectivity index (χ1n) is 7.53. The highest BCUT2D eigenvalue weighted by Gasteiger charge is 2.18. The maximum Gasteiger partial charge on any atom is 0.224 e. The number of sulfone groups is 1. The maximum absolute atomic E-state index is 12.0. The number of hydrogen-bond donors (Lipinski definition) is 1. The van der Waals surface area contributed by atoms with E-state index < -0.39 is 15.1 Å². The summed E-state index contributed by atoms with van der Waals surface area (Å²) in [5.74, 6) is -0.0601. The maximum atomic E-state index is 12.0. The van der Waals surface area contributed by atoms with Crippen LogP contribution in [0, 0.1) is 0 Å². The lowest BCUT2D eigenvalue weighted by atomic mass is 10.1. The van der Waals surface area contributed by atoms with Crippen LogP contribution in [0.5, 0.6) is 0 Å². The van der Waals surface area contributed by atoms with Crippen LogP contribution in [0.25, 0.3) is 0 Å². The number of nitrogens with one attached hydrogen (secondary N) is 1. The second-order valence-electron chi connectivity index (χ2n) is 5.68. The molecule has 0 atom stereocenters. The van der Waals surface area contributed by atoms with Gasteiger partial charge in [-0.3, -0.25) is 4.79 Å². The van der Waals surface area contributed by atoms with E-state index in [4.69, 9.17) is 0 Å². The molecule has 2 rings (SSSR count). The zero-order valence-electron chi connectivity index (χ0n) is 13.3. The van der Waals surface area contributed by atoms with Crippen LogP contribution in [0.15, 0.2) is 59.5 Å². The first-order chi connectivity index (χ1) is 10.9. The lowest BCUT2D eigenvalue weighted by molar-refractivity contribution is -0.120. The zero-order chi connectivity index (χ0) is 16.9. The van der Waals surface area contributed by atoms with Gasteiger partial charge in [-0.2, -0.15) is 0 Å². The molecule has 0 heterocycles. The van der Waals surface area contributed by atoms with Crippen molar-refractivity contribution in [3.63, 3.8) is 0 Å². The van der Waals surface area contributed by atoms with Gasteiger partial charge in [0.05, 0.1) is 16.6 Å². The first kappa shape index (κ1) is 17.2. The molecule has 2 aromatic carbocycles. The molecule has 0 saturated carbocycles. The number of rotatable bonds is 6. The third kappa shape index (κ3) is 4.66. The number of carbonyl (C=O) groups excluding carboxylic acids is 1. The van der Waals surface area contributed by atoms with E-state index in [0.717, 1.165) is 11.1 Å². The van der Waals surface area contributed by atoms with Crippen molar-refractivity contribution in [1.29, 1.82) is 0 Å². The van der Waals surface area contributed by atoms with Gasteiger partial charge in [0, 0.05) is 6.54 Å². The highest BCUT2D eigenvalue weighted by molar-refractivity contribution is 7.92. The Morgan fingerprint density at radius 2 is 1.57 bits per heavy atom. The van der Waals surface area contributed by atoms with Crippen molar-refractivity contribution in [3.05, 3.63) is 65.7 Å². The molecule has 0 spiro atoms. The Hall–Kier alpha value is -2.14. The largest absolute Gasteiger partial charge is 0.352 e. The number of carbonyl (C=O) groups is 1. The molecule has 5 heteroatoms. The summed E-state index contributed by atoms with van der Waals surface area (Å²) in [7, 11) is -3.25. The smallest absolute Gasteiger partial charge is 0.224 e. The van der Waals surface area contributed by atoms with Crippen molar-refractivity contribution < 1.29 is 13.2 Å². The van der Waals surface area contributed by atoms with Crippen LogP contribution in [0.1, 0.15) is 25.0 Å². The van der Waals surface area contributed by atoms with Gasteiger partial charge in [0.15, 0.2) is 9.84 Å². The van der Waals surface area contributed by atoms with Gasteiger partial charge < -0.3 is 5.32 Å². The van der Waals surface area contributed by atoms with Crippen LogP contribution in [0.2, 0.25) is 0 Å². The molecule has 0 radical (unpaired) electrons. The summed E-state index contributed by atoms with van der Waals surface area (Å²) < 4.78 is 24.1. The minimum atomic E-state index is -3.25. The quantitative estimate of drug-likeness (QED) is 0.885. The van der Waals surface area contributed by atoms with Crippen molar-refractivity contribution in [2.24, 2.45) is 0 Å². The molecular formula is C18H21NO3S. The Morgan fingerprint density at radius 1 is 0.957 bits per heavy atom. The molecule has 0 aliphatic carbocycles. The van der Waals surface area contributed by atoms with E-state index in [-0.39, 0.29) is 5.91 Å². The third-order valence-corrected chi connectivity index (χ3v) is 5.74. The molecule has 4 nitrogen and oxygen atoms in total. The highest BCUT2D eigenvalue weighted by Crippen LogP contribution is 2.16. The van der Waals surface area contributed by atoms with Crippen molar-refractivity contribution >= 4 is 15.7 Å². The SMILES string of the molecule is CC(C)S(=O)(=O)c1ccc(CNC(=O)Cc2ccccc2)cc1. The highest BCUT2D eigenvalue weighted by atomic mass is 32.2. The number of benzene rings is 2. The molecule has 0 aliphatic heterocycles. The summed E-state index contributed by atoms with van der Waals surface area (Å²) in [6.45, 7) is 3.70. The standard InChI is InChI=1S/C18H21NO3S/c1-14(2)23(21,22)17-10-8-16(9-11-17)13-19-18(20)12-15-6-4-3-5-7-15/h3-11,14H,12-13H2,1-2H3,(H,19,20). The molecule has 0 aromatic heterocycles. The van der Waals surface area contributed by atoms with Gasteiger partial charge in [-0.05, 0) is 37.1 Å². The Kier molecular flexibility index (Phi) is 5.55. The minimum Gasteiger partial charge on any atom is -0.352 e. The fourth-order valence-electron chi connectivity index (χ4n) is 2.11. The monoisotopic (exact) mass is 331 g/mol. The average molecular weight is 331 g/mol. The normalized spacial score (nSPS) is 11.4. The molecule has 1 amide bonds. The van der Waals surface area contributed by atoms with E-state index in [2.05, 4.69) is 5.32 Å². The van der Waals surface area contributed by atoms with E-state index in [1.807, 2.05) is 30.3 Å². The molecule has 1 N–H and O–H groups in total. The van der Waals surface area contributed by atoms with Crippen LogP contribution < -0.4 is 5.32 Å². The molecule has 23 heavy (non-hydrogen) atoms. The van der Waals surface area contributed by atoms with Gasteiger partial charge in [-0.25, -0.2) is 8.42 Å². The van der Waals surface area contributed by atoms with E-state index in [1.165, 1.54) is 0 Å². The second-order valence-corrected chi connectivity index (χ2v) is 8.18. The predicted molar refractivity (Wildman–Crippen MR) is 90.8 cm³/mol. The second kappa shape index (κ2) is 7.42. The van der Waals surface area contributed by atoms with Crippen molar-refractivity contribution in [3.8, 4) is 0 Å². The van der Waals surface area contributed by atoms with Crippen molar-refractivity contribution in [1.82, 2.24) is 5.32 Å². The van der Waals surface area contributed by atoms with Crippen LogP contribution >= 0.6 is 0 Å². The predicted octanol–water partition coefficient (Wildman–Crippen LogP) is 2.73. The van der Waals surface area contributed by atoms with E-state index in [1.54, 1.807) is 38.1 Å². The third-order valence-electron chi connectivity index (χ3n) is 3.57. The van der Waals surface area contributed by atoms with Crippen LogP contribution in [-0.4, -0.2) is 19.6 Å². The van der Waals surface area contributed by atoms with Crippen LogP contribution in [0.3, 0.4) is 0 Å². The molecule has 0 unspecified atom stereocenters. The summed E-state index contributed by atoms with van der Waals surface area (Å²) >= 11 is 0. The van der Waals surface area contributed by atoms with Crippen LogP contribution in [0.4, 0.5) is 0 Å². The van der Waals surface area contributed by atoms with Gasteiger partial charge in [0.25, 0.3) is 0 Å². The molecule has 2 aromatic rings. The Balaban J connectivity index is 1.93. The average Bonchev–Trinajstić information content (AvgIpc) is 2.54. The minimum absolute atomic E-state index is 0.0601. The lowest BCUT2D eigenvalue weighted by Crippen LogP contribution is -2.24. The van der Waals surface area contributed by atoms with Gasteiger partial charge in [0.1, 0.15) is 0 Å². The molecule has 0 fully saturated rings. The van der Waals surface area contributed by atoms with Gasteiger partial charge in [0.2, 0.25) is 5.91 Å². The molecule has 122 valence electrons. The fourth-order valence-corrected chi connectivity index (χ4v) is 3.17. The van der Waals surface area contributed by atoms with Gasteiger partial charge >= 0.3 is 0 Å². The molecular weight excluding hydrogens is 310 g/mol. The van der Waals surface area contributed by atoms with E-state index >= 15 is 0 Å². The summed E-state index contributed by atoms with van der Waals surface area (Å²) in [6, 6.07) is 16.2. The summed E-state index contributed by atoms with van der Waals surface area (Å²) in [6.07, 6.45) is 0.334. The summed E-state index contributed by atoms with van der Waals surface area (Å²) in [4.78, 5) is 12.2. The van der Waals surface area contributed by atoms with Crippen LogP contribution in [-0.2, 0) is 27.6 Å².